The van der Waals surface area contributed by atoms with Crippen molar-refractivity contribution in [2.24, 2.45) is 0 Å². The zero-order valence-electron chi connectivity index (χ0n) is 9.44. The van der Waals surface area contributed by atoms with E-state index in [1.54, 1.807) is 12.1 Å². The highest BCUT2D eigenvalue weighted by atomic mass is 16.5. The molecule has 0 atom stereocenters. The van der Waals surface area contributed by atoms with E-state index in [0.717, 1.165) is 11.4 Å². The first-order chi connectivity index (χ1) is 7.63. The lowest BCUT2D eigenvalue weighted by molar-refractivity contribution is 0.0602. The van der Waals surface area contributed by atoms with Crippen molar-refractivity contribution in [1.82, 2.24) is 9.97 Å². The van der Waals surface area contributed by atoms with Crippen molar-refractivity contribution in [3.05, 3.63) is 35.2 Å². The lowest BCUT2D eigenvalue weighted by atomic mass is 10.1. The van der Waals surface area contributed by atoms with Gasteiger partial charge in [0.25, 0.3) is 0 Å². The summed E-state index contributed by atoms with van der Waals surface area (Å²) in [6.07, 6.45) is 0. The smallest absolute Gasteiger partial charge is 0.340 e. The standard InChI is InChI=1S/C12H12N2O2/c1-7-8(2)14-11-9(12(15)16-3)5-4-6-10(11)13-7/h4-6H,1-3H3. The van der Waals surface area contributed by atoms with Crippen LogP contribution < -0.4 is 0 Å². The summed E-state index contributed by atoms with van der Waals surface area (Å²) in [6.45, 7) is 3.77. The van der Waals surface area contributed by atoms with Gasteiger partial charge >= 0.3 is 5.97 Å². The van der Waals surface area contributed by atoms with Crippen molar-refractivity contribution in [3.8, 4) is 0 Å². The molecule has 0 saturated carbocycles. The van der Waals surface area contributed by atoms with Crippen LogP contribution in [-0.4, -0.2) is 23.0 Å². The number of rotatable bonds is 1. The van der Waals surface area contributed by atoms with Gasteiger partial charge in [-0.1, -0.05) is 6.07 Å². The molecule has 1 aromatic heterocycles. The van der Waals surface area contributed by atoms with Gasteiger partial charge in [-0.05, 0) is 26.0 Å². The monoisotopic (exact) mass is 216 g/mol. The third kappa shape index (κ3) is 1.62. The van der Waals surface area contributed by atoms with Crippen molar-refractivity contribution in [2.75, 3.05) is 7.11 Å². The summed E-state index contributed by atoms with van der Waals surface area (Å²) in [6, 6.07) is 5.30. The van der Waals surface area contributed by atoms with Crippen LogP contribution in [0.25, 0.3) is 11.0 Å². The molecule has 0 aliphatic heterocycles. The fourth-order valence-corrected chi connectivity index (χ4v) is 1.52. The van der Waals surface area contributed by atoms with E-state index < -0.39 is 0 Å². The van der Waals surface area contributed by atoms with Crippen LogP contribution in [0.2, 0.25) is 0 Å². The maximum Gasteiger partial charge on any atom is 0.340 e. The fourth-order valence-electron chi connectivity index (χ4n) is 1.52. The van der Waals surface area contributed by atoms with Gasteiger partial charge in [-0.3, -0.25) is 0 Å². The number of benzene rings is 1. The Kier molecular flexibility index (Phi) is 2.56. The summed E-state index contributed by atoms with van der Waals surface area (Å²) in [5.74, 6) is -0.386. The average Bonchev–Trinajstić information content (AvgIpc) is 2.29. The molecule has 4 heteroatoms. The number of fused-ring (bicyclic) bond motifs is 1. The molecule has 0 aliphatic carbocycles. The van der Waals surface area contributed by atoms with Crippen LogP contribution in [0, 0.1) is 13.8 Å². The highest BCUT2D eigenvalue weighted by Gasteiger charge is 2.12. The van der Waals surface area contributed by atoms with E-state index in [1.165, 1.54) is 7.11 Å². The molecular formula is C12H12N2O2. The second-order valence-electron chi connectivity index (χ2n) is 3.56. The maximum atomic E-state index is 11.5. The van der Waals surface area contributed by atoms with Crippen molar-refractivity contribution in [2.45, 2.75) is 13.8 Å². The van der Waals surface area contributed by atoms with Gasteiger partial charge in [0, 0.05) is 0 Å². The third-order valence-electron chi connectivity index (χ3n) is 2.51. The minimum Gasteiger partial charge on any atom is -0.465 e. The van der Waals surface area contributed by atoms with Crippen LogP contribution in [0.5, 0.6) is 0 Å². The van der Waals surface area contributed by atoms with Crippen molar-refractivity contribution >= 4 is 17.0 Å². The number of hydrogen-bond acceptors (Lipinski definition) is 4. The summed E-state index contributed by atoms with van der Waals surface area (Å²) >= 11 is 0. The Labute approximate surface area is 93.3 Å². The molecule has 4 nitrogen and oxygen atoms in total. The van der Waals surface area contributed by atoms with Crippen molar-refractivity contribution < 1.29 is 9.53 Å². The van der Waals surface area contributed by atoms with Crippen LogP contribution in [0.15, 0.2) is 18.2 Å². The lowest BCUT2D eigenvalue weighted by Crippen LogP contribution is -2.04. The van der Waals surface area contributed by atoms with Gasteiger partial charge in [0.1, 0.15) is 5.52 Å². The first-order valence-corrected chi connectivity index (χ1v) is 4.95. The van der Waals surface area contributed by atoms with Gasteiger partial charge < -0.3 is 4.74 Å². The molecule has 0 radical (unpaired) electrons. The first-order valence-electron chi connectivity index (χ1n) is 4.95. The predicted molar refractivity (Wildman–Crippen MR) is 60.4 cm³/mol. The van der Waals surface area contributed by atoms with Gasteiger partial charge in [0.05, 0.1) is 29.6 Å². The molecule has 0 fully saturated rings. The van der Waals surface area contributed by atoms with Gasteiger partial charge in [0.15, 0.2) is 0 Å². The molecule has 0 spiro atoms. The first kappa shape index (κ1) is 10.5. The van der Waals surface area contributed by atoms with Gasteiger partial charge in [0.2, 0.25) is 0 Å². The number of esters is 1. The Morgan fingerprint density at radius 2 is 1.88 bits per heavy atom. The minimum atomic E-state index is -0.386. The predicted octanol–water partition coefficient (Wildman–Crippen LogP) is 2.03. The number of aryl methyl sites for hydroxylation is 2. The number of nitrogens with zero attached hydrogens (tertiary/aromatic N) is 2. The van der Waals surface area contributed by atoms with E-state index in [-0.39, 0.29) is 5.97 Å². The number of methoxy groups -OCH3 is 1. The fraction of sp³-hybridized carbons (Fsp3) is 0.250. The van der Waals surface area contributed by atoms with E-state index >= 15 is 0 Å². The largest absolute Gasteiger partial charge is 0.465 e. The normalized spacial score (nSPS) is 10.4. The highest BCUT2D eigenvalue weighted by molar-refractivity contribution is 6.01. The topological polar surface area (TPSA) is 52.1 Å². The van der Waals surface area contributed by atoms with Crippen LogP contribution in [0.1, 0.15) is 21.7 Å². The highest BCUT2D eigenvalue weighted by Crippen LogP contribution is 2.17. The number of para-hydroxylation sites is 1. The number of aromatic nitrogens is 2. The zero-order chi connectivity index (χ0) is 11.7. The second kappa shape index (κ2) is 3.89. The van der Waals surface area contributed by atoms with Gasteiger partial charge in [-0.25, -0.2) is 14.8 Å². The van der Waals surface area contributed by atoms with Crippen LogP contribution in [-0.2, 0) is 4.74 Å². The van der Waals surface area contributed by atoms with E-state index in [1.807, 2.05) is 19.9 Å². The Hall–Kier alpha value is -1.97. The molecule has 82 valence electrons. The summed E-state index contributed by atoms with van der Waals surface area (Å²) in [4.78, 5) is 20.3. The average molecular weight is 216 g/mol. The molecule has 0 aliphatic rings. The van der Waals surface area contributed by atoms with E-state index in [2.05, 4.69) is 9.97 Å². The quantitative estimate of drug-likeness (QED) is 0.684. The van der Waals surface area contributed by atoms with E-state index in [4.69, 9.17) is 4.74 Å². The number of ether oxygens (including phenoxy) is 1. The molecule has 1 heterocycles. The Bertz CT molecular complexity index is 564. The molecule has 0 N–H and O–H groups in total. The summed E-state index contributed by atoms with van der Waals surface area (Å²) in [5.41, 5.74) is 3.46. The second-order valence-corrected chi connectivity index (χ2v) is 3.56. The minimum absolute atomic E-state index is 0.386. The Balaban J connectivity index is 2.77. The number of carbonyl (C=O) groups excluding carboxylic acids is 1. The summed E-state index contributed by atoms with van der Waals surface area (Å²) < 4.78 is 4.71. The molecule has 2 rings (SSSR count). The summed E-state index contributed by atoms with van der Waals surface area (Å²) in [5, 5.41) is 0. The Morgan fingerprint density at radius 1 is 1.19 bits per heavy atom. The number of hydrogen-bond donors (Lipinski definition) is 0. The maximum absolute atomic E-state index is 11.5. The molecule has 2 aromatic rings. The van der Waals surface area contributed by atoms with Crippen molar-refractivity contribution in [1.29, 1.82) is 0 Å². The van der Waals surface area contributed by atoms with E-state index in [0.29, 0.717) is 16.6 Å². The summed E-state index contributed by atoms with van der Waals surface area (Å²) in [7, 11) is 1.36. The van der Waals surface area contributed by atoms with E-state index in [9.17, 15) is 4.79 Å². The molecule has 16 heavy (non-hydrogen) atoms. The van der Waals surface area contributed by atoms with Crippen molar-refractivity contribution in [3.63, 3.8) is 0 Å². The molecule has 0 amide bonds. The molecule has 0 bridgehead atoms. The van der Waals surface area contributed by atoms with Gasteiger partial charge in [-0.2, -0.15) is 0 Å². The molecule has 0 unspecified atom stereocenters. The molecule has 1 aromatic carbocycles. The lowest BCUT2D eigenvalue weighted by Gasteiger charge is -2.05. The van der Waals surface area contributed by atoms with Crippen LogP contribution >= 0.6 is 0 Å². The third-order valence-corrected chi connectivity index (χ3v) is 2.51. The van der Waals surface area contributed by atoms with Gasteiger partial charge in [-0.15, -0.1) is 0 Å². The Morgan fingerprint density at radius 3 is 2.56 bits per heavy atom. The number of carbonyl (C=O) groups is 1. The zero-order valence-corrected chi connectivity index (χ0v) is 9.44. The SMILES string of the molecule is COC(=O)c1cccc2nc(C)c(C)nc12. The molecular weight excluding hydrogens is 204 g/mol. The van der Waals surface area contributed by atoms with Crippen LogP contribution in [0.3, 0.4) is 0 Å². The molecule has 0 saturated heterocycles. The van der Waals surface area contributed by atoms with Crippen LogP contribution in [0.4, 0.5) is 0 Å².